The Morgan fingerprint density at radius 1 is 1.21 bits per heavy atom. The normalized spacial score (nSPS) is 10.4. The number of hydrogen-bond donors (Lipinski definition) is 1. The molecule has 0 unspecified atom stereocenters. The van der Waals surface area contributed by atoms with E-state index in [1.807, 2.05) is 36.4 Å². The van der Waals surface area contributed by atoms with Crippen LogP contribution in [0.3, 0.4) is 0 Å². The molecule has 0 aliphatic heterocycles. The van der Waals surface area contributed by atoms with Crippen LogP contribution in [0.25, 0.3) is 11.4 Å². The highest BCUT2D eigenvalue weighted by molar-refractivity contribution is 5.92. The molecule has 7 nitrogen and oxygen atoms in total. The molecule has 7 heteroatoms. The van der Waals surface area contributed by atoms with E-state index in [0.717, 1.165) is 11.3 Å². The predicted molar refractivity (Wildman–Crippen MR) is 89.3 cm³/mol. The van der Waals surface area contributed by atoms with E-state index in [1.54, 1.807) is 19.2 Å². The summed E-state index contributed by atoms with van der Waals surface area (Å²) < 4.78 is 4.78. The molecule has 0 fully saturated rings. The summed E-state index contributed by atoms with van der Waals surface area (Å²) in [6.07, 6.45) is 0. The summed E-state index contributed by atoms with van der Waals surface area (Å²) in [5, 5.41) is 15.5. The molecule has 24 heavy (non-hydrogen) atoms. The molecule has 0 saturated heterocycles. The Morgan fingerprint density at radius 2 is 2.00 bits per heavy atom. The predicted octanol–water partition coefficient (Wildman–Crippen LogP) is 2.28. The molecule has 1 heterocycles. The highest BCUT2D eigenvalue weighted by Crippen LogP contribution is 2.27. The van der Waals surface area contributed by atoms with Gasteiger partial charge in [0.25, 0.3) is 0 Å². The van der Waals surface area contributed by atoms with Gasteiger partial charge in [-0.2, -0.15) is 4.80 Å². The fourth-order valence-electron chi connectivity index (χ4n) is 2.31. The first-order chi connectivity index (χ1) is 11.7. The smallest absolute Gasteiger partial charge is 0.337 e. The van der Waals surface area contributed by atoms with Gasteiger partial charge >= 0.3 is 5.97 Å². The summed E-state index contributed by atoms with van der Waals surface area (Å²) in [6, 6.07) is 15.3. The molecule has 0 radical (unpaired) electrons. The zero-order chi connectivity index (χ0) is 16.9. The molecule has 2 aromatic carbocycles. The van der Waals surface area contributed by atoms with E-state index in [4.69, 9.17) is 4.74 Å². The fourth-order valence-corrected chi connectivity index (χ4v) is 2.31. The molecule has 0 spiro atoms. The number of rotatable bonds is 5. The van der Waals surface area contributed by atoms with Gasteiger partial charge < -0.3 is 10.1 Å². The second-order valence-corrected chi connectivity index (χ2v) is 5.19. The Balaban J connectivity index is 1.93. The second-order valence-electron chi connectivity index (χ2n) is 5.19. The molecule has 0 atom stereocenters. The number of aromatic nitrogens is 4. The first-order valence-electron chi connectivity index (χ1n) is 7.42. The SMILES string of the molecule is COC(=O)c1ccc(NCc2ccccc2)c(-c2nnn(C)n2)c1. The van der Waals surface area contributed by atoms with Gasteiger partial charge in [-0.15, -0.1) is 10.2 Å². The van der Waals surface area contributed by atoms with Crippen LogP contribution in [-0.2, 0) is 18.3 Å². The summed E-state index contributed by atoms with van der Waals surface area (Å²) >= 11 is 0. The molecule has 3 rings (SSSR count). The minimum atomic E-state index is -0.408. The zero-order valence-electron chi connectivity index (χ0n) is 13.4. The number of hydrogen-bond acceptors (Lipinski definition) is 6. The van der Waals surface area contributed by atoms with Crippen molar-refractivity contribution in [2.75, 3.05) is 12.4 Å². The van der Waals surface area contributed by atoms with Crippen LogP contribution in [0, 0.1) is 0 Å². The first-order valence-corrected chi connectivity index (χ1v) is 7.42. The van der Waals surface area contributed by atoms with Crippen molar-refractivity contribution >= 4 is 11.7 Å². The molecule has 3 aromatic rings. The van der Waals surface area contributed by atoms with Gasteiger partial charge in [-0.1, -0.05) is 30.3 Å². The van der Waals surface area contributed by atoms with Crippen molar-refractivity contribution in [1.82, 2.24) is 20.2 Å². The Kier molecular flexibility index (Phi) is 4.51. The van der Waals surface area contributed by atoms with Crippen LogP contribution in [0.15, 0.2) is 48.5 Å². The lowest BCUT2D eigenvalue weighted by Gasteiger charge is -2.11. The molecular formula is C17H17N5O2. The van der Waals surface area contributed by atoms with Crippen molar-refractivity contribution in [2.45, 2.75) is 6.54 Å². The van der Waals surface area contributed by atoms with E-state index >= 15 is 0 Å². The van der Waals surface area contributed by atoms with Crippen LogP contribution in [0.5, 0.6) is 0 Å². The molecule has 1 aromatic heterocycles. The highest BCUT2D eigenvalue weighted by Gasteiger charge is 2.15. The van der Waals surface area contributed by atoms with Crippen molar-refractivity contribution in [1.29, 1.82) is 0 Å². The minimum Gasteiger partial charge on any atom is -0.465 e. The summed E-state index contributed by atoms with van der Waals surface area (Å²) in [4.78, 5) is 13.2. The van der Waals surface area contributed by atoms with Crippen molar-refractivity contribution in [3.05, 3.63) is 59.7 Å². The average molecular weight is 323 g/mol. The summed E-state index contributed by atoms with van der Waals surface area (Å²) in [5.74, 6) is 0.0357. The van der Waals surface area contributed by atoms with E-state index in [1.165, 1.54) is 11.9 Å². The van der Waals surface area contributed by atoms with E-state index < -0.39 is 5.97 Å². The fraction of sp³-hybridized carbons (Fsp3) is 0.176. The number of aryl methyl sites for hydroxylation is 1. The van der Waals surface area contributed by atoms with Gasteiger partial charge in [0.2, 0.25) is 5.82 Å². The molecular weight excluding hydrogens is 306 g/mol. The number of carbonyl (C=O) groups excluding carboxylic acids is 1. The third-order valence-electron chi connectivity index (χ3n) is 3.52. The number of nitrogens with zero attached hydrogens (tertiary/aromatic N) is 4. The number of tetrazole rings is 1. The molecule has 0 bridgehead atoms. The maximum atomic E-state index is 11.8. The number of anilines is 1. The number of esters is 1. The summed E-state index contributed by atoms with van der Waals surface area (Å²) in [5.41, 5.74) is 3.10. The van der Waals surface area contributed by atoms with Gasteiger partial charge in [0, 0.05) is 17.8 Å². The lowest BCUT2D eigenvalue weighted by molar-refractivity contribution is 0.0601. The van der Waals surface area contributed by atoms with Gasteiger partial charge in [-0.25, -0.2) is 4.79 Å². The van der Waals surface area contributed by atoms with Crippen molar-refractivity contribution in [3.8, 4) is 11.4 Å². The molecule has 0 saturated carbocycles. The topological polar surface area (TPSA) is 81.9 Å². The van der Waals surface area contributed by atoms with Gasteiger partial charge in [0.15, 0.2) is 0 Å². The van der Waals surface area contributed by atoms with Crippen molar-refractivity contribution < 1.29 is 9.53 Å². The molecule has 1 N–H and O–H groups in total. The minimum absolute atomic E-state index is 0.408. The standard InChI is InChI=1S/C17H17N5O2/c1-22-20-16(19-21-22)14-10-13(17(23)24-2)8-9-15(14)18-11-12-6-4-3-5-7-12/h3-10,18H,11H2,1-2H3. The number of nitrogens with one attached hydrogen (secondary N) is 1. The number of benzene rings is 2. The third kappa shape index (κ3) is 3.40. The lowest BCUT2D eigenvalue weighted by Crippen LogP contribution is -2.05. The van der Waals surface area contributed by atoms with Crippen LogP contribution in [-0.4, -0.2) is 33.3 Å². The Morgan fingerprint density at radius 3 is 2.67 bits per heavy atom. The van der Waals surface area contributed by atoms with E-state index in [0.29, 0.717) is 23.5 Å². The second kappa shape index (κ2) is 6.91. The van der Waals surface area contributed by atoms with Crippen molar-refractivity contribution in [3.63, 3.8) is 0 Å². The van der Waals surface area contributed by atoms with Gasteiger partial charge in [-0.05, 0) is 29.0 Å². The first kappa shape index (κ1) is 15.7. The Hall–Kier alpha value is -3.22. The maximum Gasteiger partial charge on any atom is 0.337 e. The van der Waals surface area contributed by atoms with Crippen LogP contribution in [0.2, 0.25) is 0 Å². The van der Waals surface area contributed by atoms with Crippen molar-refractivity contribution in [2.24, 2.45) is 7.05 Å². The maximum absolute atomic E-state index is 11.8. The lowest BCUT2D eigenvalue weighted by atomic mass is 10.1. The van der Waals surface area contributed by atoms with Crippen LogP contribution in [0.1, 0.15) is 15.9 Å². The third-order valence-corrected chi connectivity index (χ3v) is 3.52. The summed E-state index contributed by atoms with van der Waals surface area (Å²) in [7, 11) is 3.04. The molecule has 0 amide bonds. The molecule has 0 aliphatic rings. The van der Waals surface area contributed by atoms with Crippen LogP contribution >= 0.6 is 0 Å². The molecule has 122 valence electrons. The largest absolute Gasteiger partial charge is 0.465 e. The number of ether oxygens (including phenoxy) is 1. The van der Waals surface area contributed by atoms with Gasteiger partial charge in [-0.3, -0.25) is 0 Å². The van der Waals surface area contributed by atoms with Crippen LogP contribution < -0.4 is 5.32 Å². The van der Waals surface area contributed by atoms with E-state index in [2.05, 4.69) is 20.7 Å². The van der Waals surface area contributed by atoms with E-state index in [9.17, 15) is 4.79 Å². The van der Waals surface area contributed by atoms with Gasteiger partial charge in [0.05, 0.1) is 19.7 Å². The highest BCUT2D eigenvalue weighted by atomic mass is 16.5. The Bertz CT molecular complexity index is 845. The van der Waals surface area contributed by atoms with Gasteiger partial charge in [0.1, 0.15) is 0 Å². The number of carbonyl (C=O) groups is 1. The average Bonchev–Trinajstić information content (AvgIpc) is 3.06. The Labute approximate surface area is 139 Å². The molecule has 0 aliphatic carbocycles. The zero-order valence-corrected chi connectivity index (χ0v) is 13.4. The summed E-state index contributed by atoms with van der Waals surface area (Å²) in [6.45, 7) is 0.645. The monoisotopic (exact) mass is 323 g/mol. The van der Waals surface area contributed by atoms with E-state index in [-0.39, 0.29) is 0 Å². The number of methoxy groups -OCH3 is 1. The van der Waals surface area contributed by atoms with Crippen LogP contribution in [0.4, 0.5) is 5.69 Å². The quantitative estimate of drug-likeness (QED) is 0.725.